The van der Waals surface area contributed by atoms with Gasteiger partial charge < -0.3 is 24.8 Å². The molecule has 0 saturated carbocycles. The number of methoxy groups -OCH3 is 2. The Morgan fingerprint density at radius 1 is 1.42 bits per heavy atom. The maximum Gasteiger partial charge on any atom is 0.240 e. The lowest BCUT2D eigenvalue weighted by atomic mass is 10.1. The van der Waals surface area contributed by atoms with E-state index in [1.54, 1.807) is 6.07 Å². The van der Waals surface area contributed by atoms with E-state index in [1.807, 2.05) is 0 Å². The molecule has 1 aromatic carbocycles. The first-order chi connectivity index (χ1) is 9.12. The molecule has 0 radical (unpaired) electrons. The van der Waals surface area contributed by atoms with Gasteiger partial charge in [-0.15, -0.1) is 0 Å². The number of nitrogens with zero attached hydrogens (tertiary/aromatic N) is 2. The number of aromatic hydroxyl groups is 1. The molecule has 0 aliphatic carbocycles. The van der Waals surface area contributed by atoms with Gasteiger partial charge in [0, 0.05) is 4.47 Å². The van der Waals surface area contributed by atoms with Crippen molar-refractivity contribution in [2.45, 2.75) is 6.54 Å². The predicted molar refractivity (Wildman–Crippen MR) is 70.1 cm³/mol. The number of phenols is 1. The third-order valence-corrected chi connectivity index (χ3v) is 3.09. The van der Waals surface area contributed by atoms with Gasteiger partial charge in [-0.3, -0.25) is 0 Å². The minimum absolute atomic E-state index is 0.124. The van der Waals surface area contributed by atoms with E-state index < -0.39 is 0 Å². The third kappa shape index (κ3) is 2.36. The number of aromatic nitrogens is 2. The van der Waals surface area contributed by atoms with Gasteiger partial charge in [0.1, 0.15) is 0 Å². The second kappa shape index (κ2) is 5.45. The number of nitrogens with two attached hydrogens (primary N) is 1. The highest BCUT2D eigenvalue weighted by molar-refractivity contribution is 9.10. The van der Waals surface area contributed by atoms with Gasteiger partial charge in [0.05, 0.1) is 26.3 Å². The second-order valence-corrected chi connectivity index (χ2v) is 4.39. The zero-order valence-electron chi connectivity index (χ0n) is 10.3. The molecule has 7 nitrogen and oxygen atoms in total. The molecule has 1 heterocycles. The smallest absolute Gasteiger partial charge is 0.240 e. The Labute approximate surface area is 117 Å². The molecule has 102 valence electrons. The fourth-order valence-electron chi connectivity index (χ4n) is 1.60. The fourth-order valence-corrected chi connectivity index (χ4v) is 2.17. The molecular weight excluding hydrogens is 318 g/mol. The summed E-state index contributed by atoms with van der Waals surface area (Å²) in [6, 6.07) is 1.65. The van der Waals surface area contributed by atoms with Crippen LogP contribution in [0.1, 0.15) is 5.89 Å². The Kier molecular flexibility index (Phi) is 3.91. The molecule has 0 bridgehead atoms. The largest absolute Gasteiger partial charge is 0.504 e. The lowest BCUT2D eigenvalue weighted by molar-refractivity contribution is 0.333. The molecule has 8 heteroatoms. The number of phenolic OH excluding ortho intramolecular Hbond substituents is 1. The normalized spacial score (nSPS) is 10.5. The van der Waals surface area contributed by atoms with E-state index >= 15 is 0 Å². The van der Waals surface area contributed by atoms with Crippen LogP contribution in [0.25, 0.3) is 11.4 Å². The van der Waals surface area contributed by atoms with Crippen LogP contribution >= 0.6 is 15.9 Å². The highest BCUT2D eigenvalue weighted by atomic mass is 79.9. The second-order valence-electron chi connectivity index (χ2n) is 3.53. The quantitative estimate of drug-likeness (QED) is 0.879. The topological polar surface area (TPSA) is 104 Å². The average Bonchev–Trinajstić information content (AvgIpc) is 2.86. The molecule has 2 rings (SSSR count). The first-order valence-corrected chi connectivity index (χ1v) is 6.08. The molecule has 0 aliphatic heterocycles. The highest BCUT2D eigenvalue weighted by Crippen LogP contribution is 2.47. The van der Waals surface area contributed by atoms with Crippen molar-refractivity contribution >= 4 is 15.9 Å². The van der Waals surface area contributed by atoms with E-state index in [2.05, 4.69) is 26.1 Å². The number of rotatable bonds is 4. The van der Waals surface area contributed by atoms with Crippen molar-refractivity contribution in [2.75, 3.05) is 14.2 Å². The Bertz CT molecular complexity index is 600. The Balaban J connectivity index is 2.63. The number of hydrogen-bond donors (Lipinski definition) is 2. The van der Waals surface area contributed by atoms with Gasteiger partial charge in [-0.25, -0.2) is 0 Å². The van der Waals surface area contributed by atoms with Crippen LogP contribution in [0.5, 0.6) is 17.2 Å². The third-order valence-electron chi connectivity index (χ3n) is 2.46. The van der Waals surface area contributed by atoms with Gasteiger partial charge in [-0.05, 0) is 22.0 Å². The minimum Gasteiger partial charge on any atom is -0.504 e. The van der Waals surface area contributed by atoms with Crippen LogP contribution in [0.3, 0.4) is 0 Å². The molecule has 1 aromatic heterocycles. The lowest BCUT2D eigenvalue weighted by Crippen LogP contribution is -1.96. The molecular formula is C11H12BrN3O4. The van der Waals surface area contributed by atoms with Gasteiger partial charge in [-0.2, -0.15) is 4.98 Å². The highest BCUT2D eigenvalue weighted by Gasteiger charge is 2.22. The van der Waals surface area contributed by atoms with Gasteiger partial charge in [-0.1, -0.05) is 5.16 Å². The van der Waals surface area contributed by atoms with Crippen LogP contribution in [-0.2, 0) is 6.54 Å². The predicted octanol–water partition coefficient (Wildman–Crippen LogP) is 1.68. The van der Waals surface area contributed by atoms with E-state index in [0.29, 0.717) is 15.8 Å². The van der Waals surface area contributed by atoms with E-state index in [0.717, 1.165) is 0 Å². The van der Waals surface area contributed by atoms with Crippen LogP contribution in [0, 0.1) is 0 Å². The molecule has 2 aromatic rings. The molecule has 0 atom stereocenters. The van der Waals surface area contributed by atoms with Crippen molar-refractivity contribution in [3.05, 3.63) is 16.4 Å². The summed E-state index contributed by atoms with van der Waals surface area (Å²) in [5.74, 6) is 0.929. The summed E-state index contributed by atoms with van der Waals surface area (Å²) in [6.07, 6.45) is 0. The summed E-state index contributed by atoms with van der Waals surface area (Å²) in [4.78, 5) is 4.06. The van der Waals surface area contributed by atoms with E-state index in [4.69, 9.17) is 19.7 Å². The van der Waals surface area contributed by atoms with Crippen molar-refractivity contribution in [1.29, 1.82) is 0 Å². The van der Waals surface area contributed by atoms with Crippen LogP contribution in [0.15, 0.2) is 15.1 Å². The molecule has 0 unspecified atom stereocenters. The van der Waals surface area contributed by atoms with Crippen molar-refractivity contribution in [2.24, 2.45) is 5.73 Å². The SMILES string of the molecule is COc1cc(Br)c(-c2noc(CN)n2)c(O)c1OC. The van der Waals surface area contributed by atoms with Crippen molar-refractivity contribution in [3.8, 4) is 28.6 Å². The first-order valence-electron chi connectivity index (χ1n) is 5.28. The Morgan fingerprint density at radius 3 is 2.68 bits per heavy atom. The lowest BCUT2D eigenvalue weighted by Gasteiger charge is -2.12. The minimum atomic E-state index is -0.141. The van der Waals surface area contributed by atoms with Crippen LogP contribution in [0.4, 0.5) is 0 Å². The van der Waals surface area contributed by atoms with Gasteiger partial charge in [0.2, 0.25) is 17.5 Å². The molecule has 0 spiro atoms. The summed E-state index contributed by atoms with van der Waals surface area (Å²) >= 11 is 3.32. The average molecular weight is 330 g/mol. The molecule has 0 saturated heterocycles. The summed E-state index contributed by atoms with van der Waals surface area (Å²) < 4.78 is 15.7. The molecule has 0 aliphatic rings. The van der Waals surface area contributed by atoms with Crippen molar-refractivity contribution < 1.29 is 19.1 Å². The van der Waals surface area contributed by atoms with Gasteiger partial charge in [0.25, 0.3) is 0 Å². The number of ether oxygens (including phenoxy) is 2. The van der Waals surface area contributed by atoms with Crippen LogP contribution in [0.2, 0.25) is 0 Å². The summed E-state index contributed by atoms with van der Waals surface area (Å²) in [5.41, 5.74) is 5.75. The summed E-state index contributed by atoms with van der Waals surface area (Å²) in [5, 5.41) is 14.0. The Morgan fingerprint density at radius 2 is 2.16 bits per heavy atom. The molecule has 0 amide bonds. The maximum atomic E-state index is 10.2. The van der Waals surface area contributed by atoms with E-state index in [1.165, 1.54) is 14.2 Å². The van der Waals surface area contributed by atoms with Gasteiger partial charge >= 0.3 is 0 Å². The number of benzene rings is 1. The van der Waals surface area contributed by atoms with Crippen LogP contribution < -0.4 is 15.2 Å². The molecule has 3 N–H and O–H groups in total. The van der Waals surface area contributed by atoms with Crippen molar-refractivity contribution in [3.63, 3.8) is 0 Å². The zero-order valence-corrected chi connectivity index (χ0v) is 11.9. The van der Waals surface area contributed by atoms with Crippen molar-refractivity contribution in [1.82, 2.24) is 10.1 Å². The molecule has 19 heavy (non-hydrogen) atoms. The maximum absolute atomic E-state index is 10.2. The molecule has 0 fully saturated rings. The van der Waals surface area contributed by atoms with Crippen LogP contribution in [-0.4, -0.2) is 29.5 Å². The van der Waals surface area contributed by atoms with Gasteiger partial charge in [0.15, 0.2) is 11.5 Å². The van der Waals surface area contributed by atoms with E-state index in [9.17, 15) is 5.11 Å². The first kappa shape index (κ1) is 13.6. The summed E-state index contributed by atoms with van der Waals surface area (Å²) in [7, 11) is 2.90. The zero-order chi connectivity index (χ0) is 14.0. The Hall–Kier alpha value is -1.80. The standard InChI is InChI=1S/C11H12BrN3O4/c1-17-6-3-5(12)8(9(16)10(6)18-2)11-14-7(4-13)19-15-11/h3,16H,4,13H2,1-2H3. The van der Waals surface area contributed by atoms with E-state index in [-0.39, 0.29) is 29.8 Å². The fraction of sp³-hybridized carbons (Fsp3) is 0.273. The summed E-state index contributed by atoms with van der Waals surface area (Å²) in [6.45, 7) is 0.124. The number of halogens is 1. The monoisotopic (exact) mass is 329 g/mol. The number of hydrogen-bond acceptors (Lipinski definition) is 7.